The molecule has 0 radical (unpaired) electrons. The van der Waals surface area contributed by atoms with Crippen molar-refractivity contribution in [2.75, 3.05) is 0 Å². The van der Waals surface area contributed by atoms with E-state index < -0.39 is 0 Å². The molecule has 0 fully saturated rings. The van der Waals surface area contributed by atoms with Crippen LogP contribution in [0, 0.1) is 6.92 Å². The summed E-state index contributed by atoms with van der Waals surface area (Å²) in [4.78, 5) is 8.50. The van der Waals surface area contributed by atoms with Gasteiger partial charge < -0.3 is 5.73 Å². The van der Waals surface area contributed by atoms with Crippen molar-refractivity contribution in [3.8, 4) is 11.1 Å². The zero-order valence-corrected chi connectivity index (χ0v) is 9.51. The number of hydrogen-bond donors (Lipinski definition) is 1. The molecule has 3 nitrogen and oxygen atoms in total. The Hall–Kier alpha value is -1.74. The maximum Gasteiger partial charge on any atom is 0.144 e. The molecule has 1 unspecified atom stereocenters. The van der Waals surface area contributed by atoms with Crippen molar-refractivity contribution in [2.45, 2.75) is 19.9 Å². The first-order chi connectivity index (χ1) is 7.66. The van der Waals surface area contributed by atoms with Crippen molar-refractivity contribution in [2.24, 2.45) is 5.73 Å². The van der Waals surface area contributed by atoms with Gasteiger partial charge >= 0.3 is 0 Å². The van der Waals surface area contributed by atoms with E-state index in [0.717, 1.165) is 11.1 Å². The summed E-state index contributed by atoms with van der Waals surface area (Å²) in [5, 5.41) is 0. The van der Waals surface area contributed by atoms with Crippen molar-refractivity contribution >= 4 is 0 Å². The van der Waals surface area contributed by atoms with E-state index in [1.165, 1.54) is 5.56 Å². The molecule has 0 aliphatic carbocycles. The number of nitrogens with zero attached hydrogens (tertiary/aromatic N) is 2. The van der Waals surface area contributed by atoms with Gasteiger partial charge in [-0.15, -0.1) is 0 Å². The van der Waals surface area contributed by atoms with Gasteiger partial charge in [-0.3, -0.25) is 0 Å². The van der Waals surface area contributed by atoms with Crippen LogP contribution in [0.1, 0.15) is 24.4 Å². The standard InChI is InChI=1S/C13H15N3/c1-9-4-3-5-11(6-9)12-7-15-13(10(2)14)16-8-12/h3-8,10H,14H2,1-2H3. The molecule has 0 aliphatic rings. The maximum absolute atomic E-state index is 5.70. The normalized spacial score (nSPS) is 12.4. The van der Waals surface area contributed by atoms with E-state index in [2.05, 4.69) is 35.1 Å². The van der Waals surface area contributed by atoms with Gasteiger partial charge in [0.05, 0.1) is 6.04 Å². The molecule has 0 spiro atoms. The molecule has 0 bridgehead atoms. The van der Waals surface area contributed by atoms with Crippen molar-refractivity contribution in [3.05, 3.63) is 48.0 Å². The number of hydrogen-bond acceptors (Lipinski definition) is 3. The first-order valence-corrected chi connectivity index (χ1v) is 5.31. The summed E-state index contributed by atoms with van der Waals surface area (Å²) in [5.41, 5.74) is 9.09. The lowest BCUT2D eigenvalue weighted by molar-refractivity contribution is 0.739. The highest BCUT2D eigenvalue weighted by atomic mass is 14.9. The van der Waals surface area contributed by atoms with E-state index in [9.17, 15) is 0 Å². The summed E-state index contributed by atoms with van der Waals surface area (Å²) in [5.74, 6) is 0.677. The van der Waals surface area contributed by atoms with Gasteiger partial charge in [0.1, 0.15) is 5.82 Å². The van der Waals surface area contributed by atoms with Gasteiger partial charge in [-0.05, 0) is 19.4 Å². The molecule has 0 amide bonds. The molecule has 82 valence electrons. The first-order valence-electron chi connectivity index (χ1n) is 5.31. The van der Waals surface area contributed by atoms with Crippen LogP contribution in [-0.4, -0.2) is 9.97 Å². The number of aromatic nitrogens is 2. The number of nitrogens with two attached hydrogens (primary N) is 1. The third-order valence-electron chi connectivity index (χ3n) is 2.43. The summed E-state index contributed by atoms with van der Waals surface area (Å²) in [6.07, 6.45) is 3.64. The Labute approximate surface area is 95.4 Å². The van der Waals surface area contributed by atoms with Crippen LogP contribution in [0.25, 0.3) is 11.1 Å². The molecular weight excluding hydrogens is 198 g/mol. The lowest BCUT2D eigenvalue weighted by Crippen LogP contribution is -2.09. The van der Waals surface area contributed by atoms with Crippen LogP contribution < -0.4 is 5.73 Å². The first kappa shape index (κ1) is 10.8. The third-order valence-corrected chi connectivity index (χ3v) is 2.43. The van der Waals surface area contributed by atoms with Crippen LogP contribution >= 0.6 is 0 Å². The minimum absolute atomic E-state index is 0.119. The fourth-order valence-corrected chi connectivity index (χ4v) is 1.55. The molecule has 2 rings (SSSR count). The lowest BCUT2D eigenvalue weighted by atomic mass is 10.1. The molecule has 1 heterocycles. The Morgan fingerprint density at radius 1 is 1.12 bits per heavy atom. The predicted octanol–water partition coefficient (Wildman–Crippen LogP) is 2.47. The van der Waals surface area contributed by atoms with Crippen molar-refractivity contribution in [1.29, 1.82) is 0 Å². The van der Waals surface area contributed by atoms with Crippen LogP contribution in [0.2, 0.25) is 0 Å². The van der Waals surface area contributed by atoms with Crippen LogP contribution in [0.5, 0.6) is 0 Å². The van der Waals surface area contributed by atoms with Gasteiger partial charge in [0.2, 0.25) is 0 Å². The molecule has 0 saturated carbocycles. The minimum Gasteiger partial charge on any atom is -0.322 e. The highest BCUT2D eigenvalue weighted by Gasteiger charge is 2.03. The summed E-state index contributed by atoms with van der Waals surface area (Å²) >= 11 is 0. The highest BCUT2D eigenvalue weighted by Crippen LogP contribution is 2.18. The predicted molar refractivity (Wildman–Crippen MR) is 64.8 cm³/mol. The molecule has 0 saturated heterocycles. The fraction of sp³-hybridized carbons (Fsp3) is 0.231. The number of benzene rings is 1. The topological polar surface area (TPSA) is 51.8 Å². The Morgan fingerprint density at radius 3 is 2.38 bits per heavy atom. The highest BCUT2D eigenvalue weighted by molar-refractivity contribution is 5.62. The molecule has 0 aliphatic heterocycles. The van der Waals surface area contributed by atoms with E-state index in [-0.39, 0.29) is 6.04 Å². The average Bonchev–Trinajstić information content (AvgIpc) is 2.29. The molecule has 3 heteroatoms. The summed E-state index contributed by atoms with van der Waals surface area (Å²) in [6, 6.07) is 8.15. The van der Waals surface area contributed by atoms with Crippen molar-refractivity contribution < 1.29 is 0 Å². The van der Waals surface area contributed by atoms with E-state index in [0.29, 0.717) is 5.82 Å². The van der Waals surface area contributed by atoms with E-state index in [4.69, 9.17) is 5.73 Å². The molecular formula is C13H15N3. The van der Waals surface area contributed by atoms with Gasteiger partial charge in [0.15, 0.2) is 0 Å². The zero-order valence-electron chi connectivity index (χ0n) is 9.51. The van der Waals surface area contributed by atoms with Crippen LogP contribution in [-0.2, 0) is 0 Å². The number of rotatable bonds is 2. The SMILES string of the molecule is Cc1cccc(-c2cnc(C(C)N)nc2)c1. The van der Waals surface area contributed by atoms with Crippen LogP contribution in [0.4, 0.5) is 0 Å². The second-order valence-electron chi connectivity index (χ2n) is 3.99. The van der Waals surface area contributed by atoms with E-state index >= 15 is 0 Å². The van der Waals surface area contributed by atoms with Gasteiger partial charge in [-0.1, -0.05) is 29.8 Å². The molecule has 2 aromatic rings. The Bertz CT molecular complexity index is 475. The molecule has 1 aromatic carbocycles. The van der Waals surface area contributed by atoms with Crippen molar-refractivity contribution in [1.82, 2.24) is 9.97 Å². The summed E-state index contributed by atoms with van der Waals surface area (Å²) < 4.78 is 0. The van der Waals surface area contributed by atoms with Crippen LogP contribution in [0.15, 0.2) is 36.7 Å². The van der Waals surface area contributed by atoms with E-state index in [1.54, 1.807) is 0 Å². The largest absolute Gasteiger partial charge is 0.322 e. The summed E-state index contributed by atoms with van der Waals surface area (Å²) in [7, 11) is 0. The van der Waals surface area contributed by atoms with Crippen molar-refractivity contribution in [3.63, 3.8) is 0 Å². The third kappa shape index (κ3) is 2.25. The second-order valence-corrected chi connectivity index (χ2v) is 3.99. The monoisotopic (exact) mass is 213 g/mol. The zero-order chi connectivity index (χ0) is 11.5. The molecule has 16 heavy (non-hydrogen) atoms. The van der Waals surface area contributed by atoms with Gasteiger partial charge in [0.25, 0.3) is 0 Å². The quantitative estimate of drug-likeness (QED) is 0.833. The lowest BCUT2D eigenvalue weighted by Gasteiger charge is -2.05. The van der Waals surface area contributed by atoms with Gasteiger partial charge in [-0.2, -0.15) is 0 Å². The van der Waals surface area contributed by atoms with Gasteiger partial charge in [-0.25, -0.2) is 9.97 Å². The molecule has 1 atom stereocenters. The Kier molecular flexibility index (Phi) is 2.97. The van der Waals surface area contributed by atoms with E-state index in [1.807, 2.05) is 25.4 Å². The Morgan fingerprint density at radius 2 is 1.81 bits per heavy atom. The van der Waals surface area contributed by atoms with Gasteiger partial charge in [0, 0.05) is 18.0 Å². The average molecular weight is 213 g/mol. The molecule has 2 N–H and O–H groups in total. The second kappa shape index (κ2) is 4.41. The fourth-order valence-electron chi connectivity index (χ4n) is 1.55. The maximum atomic E-state index is 5.70. The Balaban J connectivity index is 2.35. The smallest absolute Gasteiger partial charge is 0.144 e. The summed E-state index contributed by atoms with van der Waals surface area (Å²) in [6.45, 7) is 3.95. The molecule has 1 aromatic heterocycles. The minimum atomic E-state index is -0.119. The number of aryl methyl sites for hydroxylation is 1. The van der Waals surface area contributed by atoms with Crippen LogP contribution in [0.3, 0.4) is 0 Å².